The van der Waals surface area contributed by atoms with Gasteiger partial charge < -0.3 is 4.74 Å². The zero-order valence-corrected chi connectivity index (χ0v) is 23.6. The first-order valence-electron chi connectivity index (χ1n) is 14.9. The zero-order valence-electron chi connectivity index (χ0n) is 23.6. The second-order valence-electron chi connectivity index (χ2n) is 10.4. The van der Waals surface area contributed by atoms with Crippen LogP contribution in [0.25, 0.3) is 11.4 Å². The zero-order chi connectivity index (χ0) is 26.8. The summed E-state index contributed by atoms with van der Waals surface area (Å²) < 4.78 is 5.44. The second kappa shape index (κ2) is 17.5. The lowest BCUT2D eigenvalue weighted by Gasteiger charge is -2.07. The Morgan fingerprint density at radius 2 is 1.13 bits per heavy atom. The Hall–Kier alpha value is -3.01. The Labute approximate surface area is 230 Å². The number of hydrogen-bond acceptors (Lipinski definition) is 4. The number of aromatic nitrogens is 2. The van der Waals surface area contributed by atoms with E-state index in [1.807, 2.05) is 36.7 Å². The van der Waals surface area contributed by atoms with Crippen molar-refractivity contribution in [1.82, 2.24) is 9.97 Å². The molecule has 0 unspecified atom stereocenters. The predicted molar refractivity (Wildman–Crippen MR) is 157 cm³/mol. The van der Waals surface area contributed by atoms with Crippen LogP contribution in [0.5, 0.6) is 0 Å². The summed E-state index contributed by atoms with van der Waals surface area (Å²) in [6.07, 6.45) is 20.4. The molecular formula is C34H46N2O2. The molecule has 4 heteroatoms. The molecule has 0 aliphatic heterocycles. The van der Waals surface area contributed by atoms with Gasteiger partial charge in [-0.1, -0.05) is 108 Å². The van der Waals surface area contributed by atoms with Gasteiger partial charge in [0.2, 0.25) is 0 Å². The molecule has 0 aliphatic carbocycles. The van der Waals surface area contributed by atoms with Crippen molar-refractivity contribution in [1.29, 1.82) is 0 Å². The highest BCUT2D eigenvalue weighted by Gasteiger charge is 2.07. The van der Waals surface area contributed by atoms with E-state index in [1.165, 1.54) is 74.5 Å². The Bertz CT molecular complexity index is 1040. The normalized spacial score (nSPS) is 11.0. The van der Waals surface area contributed by atoms with Crippen molar-refractivity contribution in [3.05, 3.63) is 83.2 Å². The monoisotopic (exact) mass is 514 g/mol. The minimum Gasteiger partial charge on any atom is -0.462 e. The van der Waals surface area contributed by atoms with E-state index in [2.05, 4.69) is 48.1 Å². The van der Waals surface area contributed by atoms with Gasteiger partial charge in [-0.3, -0.25) is 0 Å². The van der Waals surface area contributed by atoms with Crippen LogP contribution in [0, 0.1) is 0 Å². The summed E-state index contributed by atoms with van der Waals surface area (Å²) in [6, 6.07) is 16.4. The van der Waals surface area contributed by atoms with Gasteiger partial charge in [0.1, 0.15) is 0 Å². The number of aryl methyl sites for hydroxylation is 3. The van der Waals surface area contributed by atoms with Gasteiger partial charge in [0, 0.05) is 18.0 Å². The quantitative estimate of drug-likeness (QED) is 0.126. The molecule has 38 heavy (non-hydrogen) atoms. The fourth-order valence-electron chi connectivity index (χ4n) is 4.61. The average molecular weight is 515 g/mol. The largest absolute Gasteiger partial charge is 0.462 e. The maximum atomic E-state index is 12.3. The molecule has 204 valence electrons. The van der Waals surface area contributed by atoms with E-state index in [1.54, 1.807) is 0 Å². The van der Waals surface area contributed by atoms with Crippen LogP contribution in [0.4, 0.5) is 0 Å². The molecule has 0 atom stereocenters. The molecule has 1 aromatic heterocycles. The SMILES string of the molecule is CCCCCCCCOC(=O)c1ccc(CCc2ccc(-c3ncc(CCCCCCC)cn3)cc2)cc1. The topological polar surface area (TPSA) is 52.1 Å². The fraction of sp³-hybridized carbons (Fsp3) is 0.500. The molecule has 0 aliphatic rings. The number of carbonyl (C=O) groups is 1. The number of ether oxygens (including phenoxy) is 1. The van der Waals surface area contributed by atoms with E-state index >= 15 is 0 Å². The highest BCUT2D eigenvalue weighted by atomic mass is 16.5. The van der Waals surface area contributed by atoms with Crippen molar-refractivity contribution >= 4 is 5.97 Å². The molecule has 0 amide bonds. The van der Waals surface area contributed by atoms with Crippen molar-refractivity contribution in [2.24, 2.45) is 0 Å². The van der Waals surface area contributed by atoms with Gasteiger partial charge in [-0.15, -0.1) is 0 Å². The third-order valence-corrected chi connectivity index (χ3v) is 7.11. The van der Waals surface area contributed by atoms with Crippen LogP contribution in [0.1, 0.15) is 112 Å². The molecule has 0 radical (unpaired) electrons. The molecule has 4 nitrogen and oxygen atoms in total. The molecule has 0 saturated carbocycles. The van der Waals surface area contributed by atoms with Crippen molar-refractivity contribution in [3.63, 3.8) is 0 Å². The van der Waals surface area contributed by atoms with Gasteiger partial charge in [0.15, 0.2) is 5.82 Å². The molecule has 3 aromatic rings. The van der Waals surface area contributed by atoms with E-state index in [0.717, 1.165) is 43.5 Å². The third-order valence-electron chi connectivity index (χ3n) is 7.11. The number of esters is 1. The fourth-order valence-corrected chi connectivity index (χ4v) is 4.61. The molecule has 0 fully saturated rings. The summed E-state index contributed by atoms with van der Waals surface area (Å²) in [7, 11) is 0. The molecule has 0 N–H and O–H groups in total. The van der Waals surface area contributed by atoms with Crippen LogP contribution in [-0.2, 0) is 24.0 Å². The number of hydrogen-bond donors (Lipinski definition) is 0. The lowest BCUT2D eigenvalue weighted by molar-refractivity contribution is 0.0497. The first kappa shape index (κ1) is 29.5. The van der Waals surface area contributed by atoms with Crippen LogP contribution < -0.4 is 0 Å². The van der Waals surface area contributed by atoms with E-state index in [0.29, 0.717) is 12.2 Å². The molecule has 1 heterocycles. The molecular weight excluding hydrogens is 468 g/mol. The first-order chi connectivity index (χ1) is 18.7. The van der Waals surface area contributed by atoms with Gasteiger partial charge >= 0.3 is 5.97 Å². The van der Waals surface area contributed by atoms with E-state index in [4.69, 9.17) is 4.74 Å². The van der Waals surface area contributed by atoms with Crippen LogP contribution in [0.2, 0.25) is 0 Å². The summed E-state index contributed by atoms with van der Waals surface area (Å²) in [5, 5.41) is 0. The molecule has 2 aromatic carbocycles. The van der Waals surface area contributed by atoms with Crippen molar-refractivity contribution in [3.8, 4) is 11.4 Å². The van der Waals surface area contributed by atoms with Crippen LogP contribution >= 0.6 is 0 Å². The van der Waals surface area contributed by atoms with Gasteiger partial charge in [0.25, 0.3) is 0 Å². The molecule has 0 spiro atoms. The number of nitrogens with zero attached hydrogens (tertiary/aromatic N) is 2. The number of benzene rings is 2. The Morgan fingerprint density at radius 3 is 1.74 bits per heavy atom. The standard InChI is InChI=1S/C34H46N2O2/c1-3-5-7-9-11-13-25-38-34(37)32-23-19-29(20-24-32)16-15-28-17-21-31(22-18-28)33-35-26-30(27-36-33)14-12-10-8-6-4-2/h17-24,26-27H,3-16,25H2,1-2H3. The second-order valence-corrected chi connectivity index (χ2v) is 10.4. The molecule has 0 bridgehead atoms. The highest BCUT2D eigenvalue weighted by molar-refractivity contribution is 5.89. The summed E-state index contributed by atoms with van der Waals surface area (Å²) in [4.78, 5) is 21.5. The maximum Gasteiger partial charge on any atom is 0.338 e. The lowest BCUT2D eigenvalue weighted by atomic mass is 10.0. The minimum absolute atomic E-state index is 0.220. The Morgan fingerprint density at radius 1 is 0.605 bits per heavy atom. The first-order valence-corrected chi connectivity index (χ1v) is 14.9. The molecule has 0 saturated heterocycles. The number of carbonyl (C=O) groups excluding carboxylic acids is 1. The van der Waals surface area contributed by atoms with Crippen LogP contribution in [-0.4, -0.2) is 22.5 Å². The number of unbranched alkanes of at least 4 members (excludes halogenated alkanes) is 9. The van der Waals surface area contributed by atoms with Crippen molar-refractivity contribution in [2.45, 2.75) is 104 Å². The summed E-state index contributed by atoms with van der Waals surface area (Å²) in [5.41, 5.74) is 5.40. The maximum absolute atomic E-state index is 12.3. The van der Waals surface area contributed by atoms with E-state index in [-0.39, 0.29) is 5.97 Å². The van der Waals surface area contributed by atoms with Crippen molar-refractivity contribution in [2.75, 3.05) is 6.61 Å². The smallest absolute Gasteiger partial charge is 0.338 e. The van der Waals surface area contributed by atoms with Crippen LogP contribution in [0.15, 0.2) is 60.9 Å². The Balaban J connectivity index is 1.38. The average Bonchev–Trinajstić information content (AvgIpc) is 2.96. The van der Waals surface area contributed by atoms with Gasteiger partial charge in [-0.25, -0.2) is 14.8 Å². The molecule has 3 rings (SSSR count). The van der Waals surface area contributed by atoms with Crippen LogP contribution in [0.3, 0.4) is 0 Å². The Kier molecular flexibility index (Phi) is 13.6. The summed E-state index contributed by atoms with van der Waals surface area (Å²) in [6.45, 7) is 4.98. The highest BCUT2D eigenvalue weighted by Crippen LogP contribution is 2.18. The lowest BCUT2D eigenvalue weighted by Crippen LogP contribution is -2.06. The van der Waals surface area contributed by atoms with E-state index < -0.39 is 0 Å². The van der Waals surface area contributed by atoms with Gasteiger partial charge in [-0.05, 0) is 60.9 Å². The van der Waals surface area contributed by atoms with Gasteiger partial charge in [0.05, 0.1) is 12.2 Å². The predicted octanol–water partition coefficient (Wildman–Crippen LogP) is 8.96. The minimum atomic E-state index is -0.220. The third kappa shape index (κ3) is 10.8. The summed E-state index contributed by atoms with van der Waals surface area (Å²) >= 11 is 0. The van der Waals surface area contributed by atoms with Gasteiger partial charge in [-0.2, -0.15) is 0 Å². The van der Waals surface area contributed by atoms with E-state index in [9.17, 15) is 4.79 Å². The van der Waals surface area contributed by atoms with Crippen molar-refractivity contribution < 1.29 is 9.53 Å². The number of rotatable bonds is 18. The summed E-state index contributed by atoms with van der Waals surface area (Å²) in [5.74, 6) is 0.563.